The van der Waals surface area contributed by atoms with Gasteiger partial charge in [0.2, 0.25) is 0 Å². The van der Waals surface area contributed by atoms with Crippen molar-refractivity contribution in [2.45, 2.75) is 58.4 Å². The molecule has 26 heavy (non-hydrogen) atoms. The molecule has 2 nitrogen and oxygen atoms in total. The third-order valence-electron chi connectivity index (χ3n) is 4.26. The summed E-state index contributed by atoms with van der Waals surface area (Å²) >= 11 is 0. The minimum absolute atomic E-state index is 0.0323. The van der Waals surface area contributed by atoms with E-state index in [1.807, 2.05) is 27.7 Å². The van der Waals surface area contributed by atoms with Crippen molar-refractivity contribution >= 4 is 5.69 Å². The van der Waals surface area contributed by atoms with Gasteiger partial charge in [-0.2, -0.15) is 13.2 Å². The van der Waals surface area contributed by atoms with Gasteiger partial charge in [-0.25, -0.2) is 4.39 Å². The SMILES string of the molecule is CC(C)Nc1cc(CC(C)NC2C=C(F)C=CC2C)cc(C(F)(F)F)c1. The highest BCUT2D eigenvalue weighted by molar-refractivity contribution is 5.50. The zero-order valence-electron chi connectivity index (χ0n) is 15.5. The molecule has 3 unspecified atom stereocenters. The van der Waals surface area contributed by atoms with Crippen molar-refractivity contribution in [2.24, 2.45) is 5.92 Å². The number of anilines is 1. The minimum Gasteiger partial charge on any atom is -0.383 e. The lowest BCUT2D eigenvalue weighted by molar-refractivity contribution is -0.137. The van der Waals surface area contributed by atoms with E-state index in [2.05, 4.69) is 10.6 Å². The summed E-state index contributed by atoms with van der Waals surface area (Å²) in [4.78, 5) is 0. The molecule has 6 heteroatoms. The van der Waals surface area contributed by atoms with Crippen LogP contribution in [0.15, 0.2) is 42.3 Å². The normalized spacial score (nSPS) is 21.7. The summed E-state index contributed by atoms with van der Waals surface area (Å²) < 4.78 is 53.0. The molecule has 1 aromatic carbocycles. The van der Waals surface area contributed by atoms with Crippen LogP contribution >= 0.6 is 0 Å². The maximum atomic E-state index is 13.4. The molecule has 0 radical (unpaired) electrons. The van der Waals surface area contributed by atoms with Gasteiger partial charge in [-0.15, -0.1) is 0 Å². The molecule has 0 heterocycles. The van der Waals surface area contributed by atoms with Gasteiger partial charge in [0, 0.05) is 23.8 Å². The topological polar surface area (TPSA) is 24.1 Å². The van der Waals surface area contributed by atoms with Crippen molar-refractivity contribution in [1.29, 1.82) is 0 Å². The Morgan fingerprint density at radius 1 is 1.12 bits per heavy atom. The molecule has 0 fully saturated rings. The molecule has 0 aromatic heterocycles. The van der Waals surface area contributed by atoms with Gasteiger partial charge in [-0.3, -0.25) is 0 Å². The lowest BCUT2D eigenvalue weighted by Gasteiger charge is -2.26. The van der Waals surface area contributed by atoms with Gasteiger partial charge in [0.05, 0.1) is 5.56 Å². The predicted octanol–water partition coefficient (Wildman–Crippen LogP) is 5.47. The molecule has 3 atom stereocenters. The highest BCUT2D eigenvalue weighted by atomic mass is 19.4. The molecule has 1 aliphatic carbocycles. The van der Waals surface area contributed by atoms with Crippen molar-refractivity contribution in [3.63, 3.8) is 0 Å². The first-order valence-corrected chi connectivity index (χ1v) is 8.84. The van der Waals surface area contributed by atoms with E-state index in [1.165, 1.54) is 18.2 Å². The van der Waals surface area contributed by atoms with Crippen molar-refractivity contribution in [3.8, 4) is 0 Å². The van der Waals surface area contributed by atoms with Gasteiger partial charge in [0.25, 0.3) is 0 Å². The second kappa shape index (κ2) is 8.25. The Balaban J connectivity index is 2.15. The fourth-order valence-electron chi connectivity index (χ4n) is 3.07. The van der Waals surface area contributed by atoms with Gasteiger partial charge < -0.3 is 10.6 Å². The number of nitrogens with one attached hydrogen (secondary N) is 2. The van der Waals surface area contributed by atoms with Gasteiger partial charge >= 0.3 is 6.18 Å². The fraction of sp³-hybridized carbons (Fsp3) is 0.500. The average Bonchev–Trinajstić information content (AvgIpc) is 2.49. The number of allylic oxidation sites excluding steroid dienone is 2. The van der Waals surface area contributed by atoms with E-state index in [0.29, 0.717) is 17.7 Å². The molecule has 0 spiro atoms. The third kappa shape index (κ3) is 5.87. The quantitative estimate of drug-likeness (QED) is 0.649. The van der Waals surface area contributed by atoms with Crippen LogP contribution in [0, 0.1) is 5.92 Å². The van der Waals surface area contributed by atoms with Crippen LogP contribution in [0.5, 0.6) is 0 Å². The molecule has 0 saturated heterocycles. The molecular weight excluding hydrogens is 344 g/mol. The average molecular weight is 370 g/mol. The molecule has 2 rings (SSSR count). The van der Waals surface area contributed by atoms with Crippen molar-refractivity contribution in [2.75, 3.05) is 5.32 Å². The summed E-state index contributed by atoms with van der Waals surface area (Å²) in [5.41, 5.74) is 0.383. The van der Waals surface area contributed by atoms with Crippen molar-refractivity contribution in [3.05, 3.63) is 53.4 Å². The number of alkyl halides is 3. The van der Waals surface area contributed by atoms with Crippen LogP contribution in [0.3, 0.4) is 0 Å². The lowest BCUT2D eigenvalue weighted by atomic mass is 9.95. The summed E-state index contributed by atoms with van der Waals surface area (Å²) in [5, 5.41) is 6.33. The Hall–Kier alpha value is -1.82. The molecule has 0 bridgehead atoms. The maximum absolute atomic E-state index is 13.4. The van der Waals surface area contributed by atoms with E-state index in [4.69, 9.17) is 0 Å². The second-order valence-electron chi connectivity index (χ2n) is 7.28. The molecular formula is C20H26F4N2. The van der Waals surface area contributed by atoms with E-state index in [9.17, 15) is 17.6 Å². The van der Waals surface area contributed by atoms with Gasteiger partial charge in [0.15, 0.2) is 0 Å². The first kappa shape index (κ1) is 20.5. The number of hydrogen-bond acceptors (Lipinski definition) is 2. The van der Waals surface area contributed by atoms with E-state index >= 15 is 0 Å². The van der Waals surface area contributed by atoms with Gasteiger partial charge in [-0.05, 0) is 69.0 Å². The van der Waals surface area contributed by atoms with Crippen LogP contribution in [-0.2, 0) is 12.6 Å². The summed E-state index contributed by atoms with van der Waals surface area (Å²) in [6.45, 7) is 7.62. The highest BCUT2D eigenvalue weighted by Gasteiger charge is 2.31. The molecule has 1 aromatic rings. The van der Waals surface area contributed by atoms with E-state index in [1.54, 1.807) is 12.1 Å². The van der Waals surface area contributed by atoms with Crippen LogP contribution in [0.2, 0.25) is 0 Å². The number of hydrogen-bond donors (Lipinski definition) is 2. The third-order valence-corrected chi connectivity index (χ3v) is 4.26. The summed E-state index contributed by atoms with van der Waals surface area (Å²) in [6, 6.07) is 3.82. The molecule has 0 saturated carbocycles. The van der Waals surface area contributed by atoms with E-state index < -0.39 is 11.7 Å². The van der Waals surface area contributed by atoms with Crippen LogP contribution in [0.25, 0.3) is 0 Å². The fourth-order valence-corrected chi connectivity index (χ4v) is 3.07. The van der Waals surface area contributed by atoms with Crippen LogP contribution in [0.4, 0.5) is 23.2 Å². The van der Waals surface area contributed by atoms with Crippen LogP contribution in [-0.4, -0.2) is 18.1 Å². The molecule has 2 N–H and O–H groups in total. The zero-order chi connectivity index (χ0) is 19.5. The standard InChI is InChI=1S/C20H26F4N2/c1-12(2)25-18-9-15(8-16(10-18)20(22,23)24)7-14(4)26-19-11-17(21)6-5-13(19)3/h5-6,8-14,19,25-26H,7H2,1-4H3. The number of halogens is 4. The number of benzene rings is 1. The number of rotatable bonds is 6. The summed E-state index contributed by atoms with van der Waals surface area (Å²) in [5.74, 6) is -0.174. The highest BCUT2D eigenvalue weighted by Crippen LogP contribution is 2.32. The van der Waals surface area contributed by atoms with Crippen molar-refractivity contribution < 1.29 is 17.6 Å². The second-order valence-corrected chi connectivity index (χ2v) is 7.28. The summed E-state index contributed by atoms with van der Waals surface area (Å²) in [7, 11) is 0. The molecule has 1 aliphatic rings. The van der Waals surface area contributed by atoms with Crippen LogP contribution in [0.1, 0.15) is 38.8 Å². The van der Waals surface area contributed by atoms with E-state index in [0.717, 1.165) is 6.07 Å². The predicted molar refractivity (Wildman–Crippen MR) is 97.8 cm³/mol. The summed E-state index contributed by atoms with van der Waals surface area (Å²) in [6.07, 6.45) is 0.756. The van der Waals surface area contributed by atoms with Gasteiger partial charge in [-0.1, -0.05) is 13.0 Å². The zero-order valence-corrected chi connectivity index (χ0v) is 15.5. The van der Waals surface area contributed by atoms with Crippen LogP contribution < -0.4 is 10.6 Å². The first-order chi connectivity index (χ1) is 12.0. The Labute approximate surface area is 152 Å². The van der Waals surface area contributed by atoms with Crippen molar-refractivity contribution in [1.82, 2.24) is 5.32 Å². The monoisotopic (exact) mass is 370 g/mol. The molecule has 0 aliphatic heterocycles. The van der Waals surface area contributed by atoms with Gasteiger partial charge in [0.1, 0.15) is 5.83 Å². The molecule has 0 amide bonds. The minimum atomic E-state index is -4.39. The Morgan fingerprint density at radius 2 is 1.81 bits per heavy atom. The van der Waals surface area contributed by atoms with E-state index in [-0.39, 0.29) is 29.9 Å². The first-order valence-electron chi connectivity index (χ1n) is 8.84. The Kier molecular flexibility index (Phi) is 6.50. The Bertz CT molecular complexity index is 677. The molecule has 144 valence electrons. The lowest BCUT2D eigenvalue weighted by Crippen LogP contribution is -2.41. The maximum Gasteiger partial charge on any atom is 0.416 e. The Morgan fingerprint density at radius 3 is 2.42 bits per heavy atom. The largest absolute Gasteiger partial charge is 0.416 e. The smallest absolute Gasteiger partial charge is 0.383 e.